The minimum absolute atomic E-state index is 0.0767. The van der Waals surface area contributed by atoms with Crippen LogP contribution in [0.1, 0.15) is 441 Å². The molecule has 0 spiro atoms. The highest BCUT2D eigenvalue weighted by atomic mass is 16.6. The fourth-order valence-corrected chi connectivity index (χ4v) is 37.6. The summed E-state index contributed by atoms with van der Waals surface area (Å²) < 4.78 is 39.9. The predicted molar refractivity (Wildman–Crippen MR) is 551 cm³/mol. The summed E-state index contributed by atoms with van der Waals surface area (Å²) in [6.07, 6.45) is 54.3. The lowest BCUT2D eigenvalue weighted by Gasteiger charge is -2.37. The van der Waals surface area contributed by atoms with E-state index in [4.69, 9.17) is 38.3 Å². The van der Waals surface area contributed by atoms with Gasteiger partial charge >= 0.3 is 41.8 Å². The zero-order chi connectivity index (χ0) is 99.3. The molecule has 1 heterocycles. The van der Waals surface area contributed by atoms with Crippen LogP contribution in [0.5, 0.6) is 0 Å². The van der Waals surface area contributed by atoms with Gasteiger partial charge in [-0.2, -0.15) is 0 Å². The maximum Gasteiger partial charge on any atom is 0.309 e. The van der Waals surface area contributed by atoms with E-state index in [1.54, 1.807) is 0 Å². The van der Waals surface area contributed by atoms with Gasteiger partial charge in [-0.25, -0.2) is 0 Å². The molecule has 138 heavy (non-hydrogen) atoms. The van der Waals surface area contributed by atoms with Crippen molar-refractivity contribution in [3.05, 3.63) is 0 Å². The molecule has 15 nitrogen and oxygen atoms in total. The van der Waals surface area contributed by atoms with E-state index in [1.165, 1.54) is 194 Å². The summed E-state index contributed by atoms with van der Waals surface area (Å²) in [5.74, 6) is 29.8. The van der Waals surface area contributed by atoms with Crippen molar-refractivity contribution in [2.45, 2.75) is 464 Å². The van der Waals surface area contributed by atoms with E-state index >= 15 is 0 Å². The number of hydrogen-bond acceptors (Lipinski definition) is 15. The molecular formula is C123H206O15. The smallest absolute Gasteiger partial charge is 0.309 e. The van der Waals surface area contributed by atoms with E-state index < -0.39 is 0 Å². The topological polar surface area (TPSA) is 204 Å². The quantitative estimate of drug-likeness (QED) is 0.0667. The third-order valence-electron chi connectivity index (χ3n) is 46.9. The maximum absolute atomic E-state index is 13.1. The fourth-order valence-electron chi connectivity index (χ4n) is 37.6. The summed E-state index contributed by atoms with van der Waals surface area (Å²) >= 11 is 0. The number of carbonyl (C=O) groups excluding carboxylic acids is 7. The molecule has 20 aliphatic carbocycles. The van der Waals surface area contributed by atoms with Crippen molar-refractivity contribution >= 4 is 41.8 Å². The van der Waals surface area contributed by atoms with Gasteiger partial charge in [-0.05, 0) is 445 Å². The number of fused-ring (bicyclic) bond motifs is 19. The van der Waals surface area contributed by atoms with E-state index in [0.29, 0.717) is 91.5 Å². The Morgan fingerprint density at radius 2 is 0.580 bits per heavy atom. The average Bonchev–Trinajstić information content (AvgIpc) is 1.56. The lowest BCUT2D eigenvalue weighted by atomic mass is 9.70. The van der Waals surface area contributed by atoms with E-state index in [1.807, 2.05) is 0 Å². The zero-order valence-corrected chi connectivity index (χ0v) is 92.0. The molecule has 0 amide bonds. The number of cyclic esters (lactones) is 1. The van der Waals surface area contributed by atoms with Gasteiger partial charge in [-0.15, -0.1) is 0 Å². The predicted octanol–water partition coefficient (Wildman–Crippen LogP) is 29.2. The first-order valence-corrected chi connectivity index (χ1v) is 60.1. The van der Waals surface area contributed by atoms with Crippen LogP contribution in [0.2, 0.25) is 0 Å². The SMILES string of the molecule is CC(=O)OCC1CC2CC1C(C)C2C.CC1C2CC(CO)C(C2)C1C.CCC1(OC(=O)C2CC3CC2C(C)C3C)CCCC1.CCC1(OC(=O)C2CC3CC2C(C)C3C)CCCC1.CCC1CC(CC)C(COC(C)=O)C1.CCC1CC(CC)C2C(=O)OCC12.CCC1CC(CC)C2C3CC(CC3C(=O)OC3(CC)CCCC3)C12.CCC1CC(CC)C2C3CC(CC3C(=O)OC3(CC)CCCC3)C12. The minimum Gasteiger partial charge on any atom is -0.466 e. The Bertz CT molecular complexity index is 3710. The van der Waals surface area contributed by atoms with E-state index in [-0.39, 0.29) is 93.8 Å². The monoisotopic (exact) mass is 1920 g/mol. The van der Waals surface area contributed by atoms with Crippen LogP contribution < -0.4 is 0 Å². The first-order chi connectivity index (χ1) is 66.1. The standard InChI is InChI=1S/2C22H36O2.2C17H28O2.C12H20O2.C12H22O2.C11H18O2.C10H18O/c2*1-4-14-11-15(5-2)20-17-12-16(19(14)20)13-18(17)21(23)24-22(6-3)9-7-8-10-22;2*1-4-17(7-5-6-8-17)19-16(18)15-10-13-9-14(15)12(3)11(13)2;1-7-8(2)12-5-10(7)4-11(12)6-14-9(3)13;1-4-10-6-11(5-2)12(7-10)8-14-9(3)13;1-3-7-5-8(4-2)10-9(7)6-13-11(10)12;1-6-7(2)10-4-8(6)3-9(10)5-11/h2*14-20H,4-13H2,1-3H3;2*11-15H,4-10H2,1-3H3;7-8,10-12H,4-6H2,1-3H3;10-12H,4-8H2,1-3H3;7-10H,3-6H2,1-2H3;6-11H,3-5H2,1-2H3. The summed E-state index contributed by atoms with van der Waals surface area (Å²) in [6, 6.07) is 0. The van der Waals surface area contributed by atoms with E-state index in [0.717, 1.165) is 257 Å². The molecule has 21 rings (SSSR count). The largest absolute Gasteiger partial charge is 0.466 e. The van der Waals surface area contributed by atoms with Crippen molar-refractivity contribution < 1.29 is 71.8 Å². The highest BCUT2D eigenvalue weighted by Gasteiger charge is 2.65. The number of rotatable bonds is 25. The molecule has 20 saturated carbocycles. The Morgan fingerprint density at radius 1 is 0.290 bits per heavy atom. The van der Waals surface area contributed by atoms with Crippen LogP contribution in [-0.2, 0) is 66.7 Å². The normalized spacial score (nSPS) is 44.2. The highest BCUT2D eigenvalue weighted by molar-refractivity contribution is 5.77. The molecule has 0 aromatic rings. The van der Waals surface area contributed by atoms with Crippen LogP contribution in [0, 0.1) is 243 Å². The first kappa shape index (κ1) is 110. The number of aliphatic hydroxyl groups excluding tert-OH is 1. The van der Waals surface area contributed by atoms with E-state index in [9.17, 15) is 33.6 Å². The van der Waals surface area contributed by atoms with Crippen LogP contribution in [0.4, 0.5) is 0 Å². The summed E-state index contributed by atoms with van der Waals surface area (Å²) in [5.41, 5.74) is -0.421. The van der Waals surface area contributed by atoms with Crippen LogP contribution in [-0.4, -0.2) is 95.7 Å². The lowest BCUT2D eigenvalue weighted by Crippen LogP contribution is -2.39. The molecule has 1 N–H and O–H groups in total. The van der Waals surface area contributed by atoms with Gasteiger partial charge in [0.1, 0.15) is 22.4 Å². The van der Waals surface area contributed by atoms with Gasteiger partial charge in [-0.3, -0.25) is 33.6 Å². The van der Waals surface area contributed by atoms with Crippen LogP contribution in [0.3, 0.4) is 0 Å². The molecule has 41 unspecified atom stereocenters. The number of hydrogen-bond donors (Lipinski definition) is 1. The molecular weight excluding hydrogens is 1720 g/mol. The van der Waals surface area contributed by atoms with Gasteiger partial charge in [0.15, 0.2) is 0 Å². The van der Waals surface area contributed by atoms with Crippen LogP contribution >= 0.6 is 0 Å². The summed E-state index contributed by atoms with van der Waals surface area (Å²) in [7, 11) is 0. The van der Waals surface area contributed by atoms with Crippen molar-refractivity contribution in [3.63, 3.8) is 0 Å². The second-order valence-corrected chi connectivity index (χ2v) is 52.2. The molecule has 788 valence electrons. The van der Waals surface area contributed by atoms with E-state index in [2.05, 4.69) is 138 Å². The molecule has 0 aromatic carbocycles. The van der Waals surface area contributed by atoms with Crippen molar-refractivity contribution in [2.75, 3.05) is 26.4 Å². The molecule has 12 bridgehead atoms. The van der Waals surface area contributed by atoms with Crippen molar-refractivity contribution in [1.29, 1.82) is 0 Å². The second kappa shape index (κ2) is 48.0. The molecule has 1 aliphatic heterocycles. The molecule has 15 heteroatoms. The Hall–Kier alpha value is -3.75. The molecule has 21 fully saturated rings. The van der Waals surface area contributed by atoms with Crippen LogP contribution in [0.15, 0.2) is 0 Å². The first-order valence-electron chi connectivity index (χ1n) is 60.1. The van der Waals surface area contributed by atoms with Gasteiger partial charge < -0.3 is 38.3 Å². The van der Waals surface area contributed by atoms with Crippen LogP contribution in [0.25, 0.3) is 0 Å². The molecule has 41 atom stereocenters. The van der Waals surface area contributed by atoms with Gasteiger partial charge in [-0.1, -0.05) is 190 Å². The van der Waals surface area contributed by atoms with Crippen molar-refractivity contribution in [3.8, 4) is 0 Å². The summed E-state index contributed by atoms with van der Waals surface area (Å²) in [6.45, 7) is 51.4. The average molecular weight is 1920 g/mol. The minimum atomic E-state index is -0.139. The Balaban J connectivity index is 0.000000128. The Morgan fingerprint density at radius 3 is 0.891 bits per heavy atom. The number of aliphatic hydroxyl groups is 1. The van der Waals surface area contributed by atoms with Gasteiger partial charge in [0.2, 0.25) is 0 Å². The van der Waals surface area contributed by atoms with Gasteiger partial charge in [0.25, 0.3) is 0 Å². The lowest BCUT2D eigenvalue weighted by molar-refractivity contribution is -0.169. The third kappa shape index (κ3) is 23.2. The van der Waals surface area contributed by atoms with Gasteiger partial charge in [0, 0.05) is 26.4 Å². The maximum atomic E-state index is 13.1. The summed E-state index contributed by atoms with van der Waals surface area (Å²) in [5, 5.41) is 9.09. The molecule has 1 saturated heterocycles. The molecule has 21 aliphatic rings. The molecule has 0 aromatic heterocycles. The molecule has 0 radical (unpaired) electrons. The summed E-state index contributed by atoms with van der Waals surface area (Å²) in [4.78, 5) is 84.2. The number of esters is 7. The van der Waals surface area contributed by atoms with Crippen molar-refractivity contribution in [2.24, 2.45) is 243 Å². The van der Waals surface area contributed by atoms with Crippen molar-refractivity contribution in [1.82, 2.24) is 0 Å². The highest BCUT2D eigenvalue weighted by Crippen LogP contribution is 2.69. The Labute approximate surface area is 841 Å². The second-order valence-electron chi connectivity index (χ2n) is 52.2. The number of carbonyl (C=O) groups is 7. The zero-order valence-electron chi connectivity index (χ0n) is 92.0. The fraction of sp³-hybridized carbons (Fsp3) is 0.943. The third-order valence-corrected chi connectivity index (χ3v) is 46.9. The Kier molecular flexibility index (Phi) is 38.3. The van der Waals surface area contributed by atoms with Gasteiger partial charge in [0.05, 0.1) is 49.4 Å². The number of ether oxygens (including phenoxy) is 7.